The minimum atomic E-state index is -0.145. The highest BCUT2D eigenvalue weighted by Gasteiger charge is 2.49. The van der Waals surface area contributed by atoms with E-state index in [1.54, 1.807) is 0 Å². The molecule has 3 heterocycles. The van der Waals surface area contributed by atoms with Gasteiger partial charge >= 0.3 is 0 Å². The molecule has 0 radical (unpaired) electrons. The van der Waals surface area contributed by atoms with Crippen LogP contribution in [0.2, 0.25) is 0 Å². The van der Waals surface area contributed by atoms with Gasteiger partial charge < -0.3 is 14.2 Å². The van der Waals surface area contributed by atoms with E-state index in [4.69, 9.17) is 4.42 Å². The predicted octanol–water partition coefficient (Wildman–Crippen LogP) is 15.7. The van der Waals surface area contributed by atoms with Crippen molar-refractivity contribution in [1.82, 2.24) is 0 Å². The average Bonchev–Trinajstić information content (AvgIpc) is 3.61. The van der Waals surface area contributed by atoms with Crippen molar-refractivity contribution >= 4 is 68.4 Å². The lowest BCUT2D eigenvalue weighted by atomic mass is 9.35. The third-order valence-corrected chi connectivity index (χ3v) is 15.5. The molecule has 10 rings (SSSR count). The lowest BCUT2D eigenvalue weighted by molar-refractivity contribution is 0.332. The van der Waals surface area contributed by atoms with Crippen LogP contribution in [0.25, 0.3) is 22.1 Å². The summed E-state index contributed by atoms with van der Waals surface area (Å²) in [7, 11) is 0. The molecule has 0 fully saturated rings. The Morgan fingerprint density at radius 1 is 0.485 bits per heavy atom. The maximum atomic E-state index is 7.58. The van der Waals surface area contributed by atoms with E-state index in [0.717, 1.165) is 29.8 Å². The van der Waals surface area contributed by atoms with Crippen molar-refractivity contribution < 1.29 is 4.42 Å². The fraction of sp³-hybridized carbons (Fsp3) is 0.387. The fourth-order valence-electron chi connectivity index (χ4n) is 11.1. The van der Waals surface area contributed by atoms with Crippen LogP contribution >= 0.6 is 0 Å². The molecule has 7 aromatic rings. The van der Waals surface area contributed by atoms with Crippen LogP contribution in [0, 0.1) is 0 Å². The Hall–Kier alpha value is -5.48. The average molecular weight is 871 g/mol. The van der Waals surface area contributed by atoms with E-state index in [9.17, 15) is 0 Å². The van der Waals surface area contributed by atoms with Crippen LogP contribution in [-0.4, -0.2) is 6.71 Å². The molecule has 0 N–H and O–H groups in total. The van der Waals surface area contributed by atoms with E-state index in [0.29, 0.717) is 0 Å². The van der Waals surface area contributed by atoms with Gasteiger partial charge in [0.25, 0.3) is 6.71 Å². The molecule has 0 atom stereocenters. The number of anilines is 6. The Morgan fingerprint density at radius 2 is 1.00 bits per heavy atom. The van der Waals surface area contributed by atoms with Gasteiger partial charge in [0.2, 0.25) is 0 Å². The van der Waals surface area contributed by atoms with Crippen LogP contribution in [0.1, 0.15) is 157 Å². The van der Waals surface area contributed by atoms with Gasteiger partial charge in [-0.2, -0.15) is 0 Å². The van der Waals surface area contributed by atoms with E-state index in [2.05, 4.69) is 236 Å². The van der Waals surface area contributed by atoms with E-state index >= 15 is 0 Å². The third-order valence-electron chi connectivity index (χ3n) is 15.5. The summed E-state index contributed by atoms with van der Waals surface area (Å²) in [6, 6.07) is 45.0. The number of hydrogen-bond acceptors (Lipinski definition) is 3. The van der Waals surface area contributed by atoms with Crippen molar-refractivity contribution in [3.63, 3.8) is 0 Å². The first-order valence-corrected chi connectivity index (χ1v) is 24.6. The van der Waals surface area contributed by atoms with Gasteiger partial charge in [0.15, 0.2) is 0 Å². The molecule has 0 amide bonds. The molecule has 0 saturated heterocycles. The van der Waals surface area contributed by atoms with E-state index < -0.39 is 0 Å². The molecule has 1 aromatic heterocycles. The second-order valence-corrected chi connectivity index (χ2v) is 25.4. The van der Waals surface area contributed by atoms with Crippen LogP contribution in [0.4, 0.5) is 34.1 Å². The minimum Gasteiger partial charge on any atom is -0.468 e. The van der Waals surface area contributed by atoms with Gasteiger partial charge in [-0.15, -0.1) is 0 Å². The monoisotopic (exact) mass is 871 g/mol. The number of fused-ring (bicyclic) bond motifs is 7. The Morgan fingerprint density at radius 3 is 1.59 bits per heavy atom. The molecule has 0 spiro atoms. The first-order chi connectivity index (χ1) is 30.7. The molecule has 3 aliphatic rings. The summed E-state index contributed by atoms with van der Waals surface area (Å²) in [6.07, 6.45) is 2.31. The van der Waals surface area contributed by atoms with Crippen molar-refractivity contribution in [2.45, 2.75) is 156 Å². The Kier molecular flexibility index (Phi) is 9.76. The van der Waals surface area contributed by atoms with E-state index in [-0.39, 0.29) is 39.2 Å². The van der Waals surface area contributed by atoms with Crippen molar-refractivity contribution in [1.29, 1.82) is 0 Å². The highest BCUT2D eigenvalue weighted by atomic mass is 16.3. The van der Waals surface area contributed by atoms with Gasteiger partial charge in [0.05, 0.1) is 17.0 Å². The van der Waals surface area contributed by atoms with E-state index in [1.807, 2.05) is 0 Å². The summed E-state index contributed by atoms with van der Waals surface area (Å²) < 4.78 is 7.58. The summed E-state index contributed by atoms with van der Waals surface area (Å²) in [4.78, 5) is 5.21. The maximum absolute atomic E-state index is 7.58. The minimum absolute atomic E-state index is 0.0247. The van der Waals surface area contributed by atoms with Crippen LogP contribution in [0.15, 0.2) is 120 Å². The summed E-state index contributed by atoms with van der Waals surface area (Å²) in [6.45, 7) is 37.6. The predicted molar refractivity (Wildman–Crippen MR) is 286 cm³/mol. The smallest absolute Gasteiger partial charge is 0.297 e. The van der Waals surface area contributed by atoms with Crippen molar-refractivity contribution in [3.8, 4) is 11.1 Å². The summed E-state index contributed by atoms with van der Waals surface area (Å²) >= 11 is 0. The molecule has 1 aliphatic carbocycles. The number of hydrogen-bond donors (Lipinski definition) is 0. The summed E-state index contributed by atoms with van der Waals surface area (Å²) in [5, 5.41) is 1.20. The topological polar surface area (TPSA) is 19.6 Å². The standard InChI is InChI=1S/C62H71BN2O/c1-57(2,3)39-22-26-43(27-23-39)64-51-34-42(60(10,11)12)35-52-54(51)63(56-55(64)45-36-46-47(37-53(45)66-56)62(15,16)31-30-61(46,13)14)48-28-24-41(59(7,8)9)33-50(48)65(52)49-29-25-40(58(4,5)6)32-44(49)38-20-18-17-19-21-38/h17-29,32-37H,30-31H2,1-16H3. The highest BCUT2D eigenvalue weighted by molar-refractivity contribution is 7.00. The molecule has 0 bridgehead atoms. The highest BCUT2D eigenvalue weighted by Crippen LogP contribution is 2.53. The molecule has 0 unspecified atom stereocenters. The lowest BCUT2D eigenvalue weighted by Gasteiger charge is -2.44. The lowest BCUT2D eigenvalue weighted by Crippen LogP contribution is -2.61. The summed E-state index contributed by atoms with van der Waals surface area (Å²) in [5.41, 5.74) is 22.2. The van der Waals surface area contributed by atoms with Crippen molar-refractivity contribution in [3.05, 3.63) is 149 Å². The Labute approximate surface area is 396 Å². The zero-order valence-electron chi connectivity index (χ0n) is 42.8. The molecule has 338 valence electrons. The molecule has 6 aromatic carbocycles. The Balaban J connectivity index is 1.37. The fourth-order valence-corrected chi connectivity index (χ4v) is 11.1. The first-order valence-electron chi connectivity index (χ1n) is 24.6. The van der Waals surface area contributed by atoms with Crippen LogP contribution in [0.5, 0.6) is 0 Å². The van der Waals surface area contributed by atoms with E-state index in [1.165, 1.54) is 89.3 Å². The van der Waals surface area contributed by atoms with Gasteiger partial charge in [0.1, 0.15) is 5.58 Å². The summed E-state index contributed by atoms with van der Waals surface area (Å²) in [5.74, 6) is 0. The SMILES string of the molecule is CC(C)(C)c1ccc(N2c3cc(C(C)(C)C)cc4c3B(c3ccc(C(C)(C)C)cc3N4c3ccc(C(C)(C)C)cc3-c3ccccc3)c3oc4cc5c(cc4c32)C(C)(C)CCC5(C)C)cc1. The molecule has 4 heteroatoms. The molecule has 3 nitrogen and oxygen atoms in total. The number of benzene rings is 6. The second-order valence-electron chi connectivity index (χ2n) is 25.4. The molecule has 2 aliphatic heterocycles. The molecule has 66 heavy (non-hydrogen) atoms. The maximum Gasteiger partial charge on any atom is 0.297 e. The molecular formula is C62H71BN2O. The first kappa shape index (κ1) is 44.4. The van der Waals surface area contributed by atoms with Crippen LogP contribution < -0.4 is 26.4 Å². The number of furan rings is 1. The third kappa shape index (κ3) is 7.07. The molecule has 0 saturated carbocycles. The second kappa shape index (κ2) is 14.5. The van der Waals surface area contributed by atoms with Gasteiger partial charge in [-0.3, -0.25) is 0 Å². The van der Waals surface area contributed by atoms with Gasteiger partial charge in [-0.1, -0.05) is 171 Å². The Bertz CT molecular complexity index is 3060. The zero-order valence-corrected chi connectivity index (χ0v) is 42.8. The van der Waals surface area contributed by atoms with Crippen molar-refractivity contribution in [2.75, 3.05) is 9.80 Å². The van der Waals surface area contributed by atoms with Crippen molar-refractivity contribution in [2.24, 2.45) is 0 Å². The molecular weight excluding hydrogens is 800 g/mol. The normalized spacial score (nSPS) is 16.5. The quantitative estimate of drug-likeness (QED) is 0.165. The van der Waals surface area contributed by atoms with Gasteiger partial charge in [-0.25, -0.2) is 0 Å². The number of nitrogens with zero attached hydrogens (tertiary/aromatic N) is 2. The van der Waals surface area contributed by atoms with Gasteiger partial charge in [0, 0.05) is 33.7 Å². The van der Waals surface area contributed by atoms with Crippen LogP contribution in [0.3, 0.4) is 0 Å². The van der Waals surface area contributed by atoms with Gasteiger partial charge in [-0.05, 0) is 150 Å². The van der Waals surface area contributed by atoms with Crippen LogP contribution in [-0.2, 0) is 32.5 Å². The zero-order chi connectivity index (χ0) is 47.3. The number of rotatable bonds is 3. The largest absolute Gasteiger partial charge is 0.468 e.